The second-order valence-electron chi connectivity index (χ2n) is 9.89. The number of carbonyl (C=O) groups excluding carboxylic acids is 1. The van der Waals surface area contributed by atoms with Gasteiger partial charge in [0.2, 0.25) is 0 Å². The zero-order valence-corrected chi connectivity index (χ0v) is 22.7. The van der Waals surface area contributed by atoms with Crippen molar-refractivity contribution in [2.24, 2.45) is 0 Å². The first-order chi connectivity index (χ1) is 19.2. The molecule has 1 aliphatic rings. The lowest BCUT2D eigenvalue weighted by Crippen LogP contribution is -2.33. The number of hydrogen-bond acceptors (Lipinski definition) is 6. The zero-order valence-electron chi connectivity index (χ0n) is 21.9. The van der Waals surface area contributed by atoms with Crippen molar-refractivity contribution in [3.63, 3.8) is 0 Å². The van der Waals surface area contributed by atoms with E-state index in [-0.39, 0.29) is 30.2 Å². The Hall–Kier alpha value is -4.51. The molecule has 0 aliphatic carbocycles. The number of aromatic amines is 2. The van der Waals surface area contributed by atoms with Gasteiger partial charge < -0.3 is 19.6 Å². The number of carbonyl (C=O) groups is 1. The fourth-order valence-electron chi connectivity index (χ4n) is 4.98. The van der Waals surface area contributed by atoms with Gasteiger partial charge in [-0.1, -0.05) is 12.1 Å². The van der Waals surface area contributed by atoms with Crippen molar-refractivity contribution in [3.05, 3.63) is 95.1 Å². The summed E-state index contributed by atoms with van der Waals surface area (Å²) in [6.07, 6.45) is 4.97. The van der Waals surface area contributed by atoms with Crippen molar-refractivity contribution in [1.82, 2.24) is 24.8 Å². The molecule has 204 valence electrons. The van der Waals surface area contributed by atoms with E-state index in [0.717, 1.165) is 51.6 Å². The molecule has 11 heteroatoms. The summed E-state index contributed by atoms with van der Waals surface area (Å²) in [5.74, 6) is 0.224. The Morgan fingerprint density at radius 3 is 2.70 bits per heavy atom. The van der Waals surface area contributed by atoms with Gasteiger partial charge in [-0.2, -0.15) is 0 Å². The summed E-state index contributed by atoms with van der Waals surface area (Å²) in [4.78, 5) is 29.8. The summed E-state index contributed by atoms with van der Waals surface area (Å²) in [6.45, 7) is 2.26. The third kappa shape index (κ3) is 4.84. The van der Waals surface area contributed by atoms with Gasteiger partial charge in [0.1, 0.15) is 28.9 Å². The maximum atomic E-state index is 14.9. The van der Waals surface area contributed by atoms with Crippen LogP contribution in [0.1, 0.15) is 33.0 Å². The number of nitrogens with zero attached hydrogens (tertiary/aromatic N) is 3. The van der Waals surface area contributed by atoms with Crippen molar-refractivity contribution < 1.29 is 22.3 Å². The summed E-state index contributed by atoms with van der Waals surface area (Å²) in [5.41, 5.74) is 5.60. The number of aromatic nitrogens is 4. The van der Waals surface area contributed by atoms with Crippen LogP contribution in [0, 0.1) is 12.7 Å². The highest BCUT2D eigenvalue weighted by molar-refractivity contribution is 7.90. The number of hydrogen-bond donors (Lipinski definition) is 2. The molecule has 1 aliphatic heterocycles. The third-order valence-corrected chi connectivity index (χ3v) is 8.20. The van der Waals surface area contributed by atoms with E-state index in [0.29, 0.717) is 18.7 Å². The number of halogens is 1. The van der Waals surface area contributed by atoms with Crippen LogP contribution in [0.5, 0.6) is 5.75 Å². The molecule has 5 aromatic rings. The number of rotatable bonds is 5. The Labute approximate surface area is 230 Å². The Kier molecular flexibility index (Phi) is 6.38. The molecule has 0 saturated heterocycles. The Balaban J connectivity index is 1.28. The normalized spacial score (nSPS) is 13.6. The average molecular weight is 560 g/mol. The van der Waals surface area contributed by atoms with Gasteiger partial charge in [0.05, 0.1) is 23.9 Å². The Morgan fingerprint density at radius 2 is 1.93 bits per heavy atom. The molecule has 0 bridgehead atoms. The zero-order chi connectivity index (χ0) is 28.0. The highest BCUT2D eigenvalue weighted by Gasteiger charge is 2.26. The van der Waals surface area contributed by atoms with Crippen LogP contribution in [0.2, 0.25) is 0 Å². The van der Waals surface area contributed by atoms with E-state index in [2.05, 4.69) is 19.9 Å². The maximum Gasteiger partial charge on any atom is 0.254 e. The fraction of sp³-hybridized carbons (Fsp3) is 0.207. The van der Waals surface area contributed by atoms with Gasteiger partial charge in [0.25, 0.3) is 5.91 Å². The van der Waals surface area contributed by atoms with Crippen LogP contribution in [-0.2, 0) is 22.8 Å². The minimum atomic E-state index is -3.75. The van der Waals surface area contributed by atoms with Gasteiger partial charge >= 0.3 is 0 Å². The first kappa shape index (κ1) is 25.8. The summed E-state index contributed by atoms with van der Waals surface area (Å²) >= 11 is 0. The van der Waals surface area contributed by atoms with E-state index < -0.39 is 20.5 Å². The van der Waals surface area contributed by atoms with Crippen LogP contribution < -0.4 is 4.74 Å². The van der Waals surface area contributed by atoms with Gasteiger partial charge in [-0.15, -0.1) is 0 Å². The van der Waals surface area contributed by atoms with E-state index in [9.17, 15) is 17.6 Å². The summed E-state index contributed by atoms with van der Waals surface area (Å²) in [7, 11) is -3.75. The van der Waals surface area contributed by atoms with Crippen LogP contribution in [0.15, 0.2) is 66.0 Å². The number of H-pyrrole nitrogens is 2. The van der Waals surface area contributed by atoms with Crippen LogP contribution >= 0.6 is 0 Å². The lowest BCUT2D eigenvalue weighted by atomic mass is 10.0. The SMILES string of the molecule is Cc1c(C(=O)N2CCOc3ccc(-c4ccc5nc(Cc6cnc[nH]6)[nH]c5c4)cc3C2)ccc(S(C)(=O)=O)c1F. The molecule has 2 N–H and O–H groups in total. The molecule has 2 aromatic heterocycles. The molecule has 3 aromatic carbocycles. The minimum Gasteiger partial charge on any atom is -0.491 e. The van der Waals surface area contributed by atoms with Crippen molar-refractivity contribution in [3.8, 4) is 16.9 Å². The van der Waals surface area contributed by atoms with Crippen LogP contribution in [0.4, 0.5) is 4.39 Å². The van der Waals surface area contributed by atoms with Crippen LogP contribution in [0.25, 0.3) is 22.2 Å². The van der Waals surface area contributed by atoms with E-state index in [1.54, 1.807) is 17.4 Å². The van der Waals surface area contributed by atoms with E-state index in [1.165, 1.54) is 13.0 Å². The largest absolute Gasteiger partial charge is 0.491 e. The molecule has 0 fully saturated rings. The summed E-state index contributed by atoms with van der Waals surface area (Å²) in [5, 5.41) is 0. The first-order valence-corrected chi connectivity index (χ1v) is 14.6. The second kappa shape index (κ2) is 9.91. The van der Waals surface area contributed by atoms with Crippen molar-refractivity contribution in [2.45, 2.75) is 24.8 Å². The smallest absolute Gasteiger partial charge is 0.254 e. The van der Waals surface area contributed by atoms with Gasteiger partial charge in [0.15, 0.2) is 9.84 Å². The molecular weight excluding hydrogens is 533 g/mol. The Morgan fingerprint density at radius 1 is 1.12 bits per heavy atom. The highest BCUT2D eigenvalue weighted by Crippen LogP contribution is 2.32. The molecular formula is C29H26FN5O4S. The highest BCUT2D eigenvalue weighted by atomic mass is 32.2. The van der Waals surface area contributed by atoms with Gasteiger partial charge in [-0.25, -0.2) is 22.8 Å². The maximum absolute atomic E-state index is 14.9. The predicted molar refractivity (Wildman–Crippen MR) is 147 cm³/mol. The van der Waals surface area contributed by atoms with Crippen molar-refractivity contribution in [1.29, 1.82) is 0 Å². The molecule has 0 radical (unpaired) electrons. The minimum absolute atomic E-state index is 0.00632. The molecule has 0 unspecified atom stereocenters. The molecule has 6 rings (SSSR count). The van der Waals surface area contributed by atoms with Crippen LogP contribution in [-0.4, -0.2) is 58.6 Å². The predicted octanol–water partition coefficient (Wildman–Crippen LogP) is 4.43. The number of imidazole rings is 2. The van der Waals surface area contributed by atoms with Crippen molar-refractivity contribution >= 4 is 26.8 Å². The number of amides is 1. The van der Waals surface area contributed by atoms with Crippen LogP contribution in [0.3, 0.4) is 0 Å². The molecule has 40 heavy (non-hydrogen) atoms. The molecule has 0 spiro atoms. The Bertz CT molecular complexity index is 1870. The van der Waals surface area contributed by atoms with E-state index in [4.69, 9.17) is 4.74 Å². The topological polar surface area (TPSA) is 121 Å². The summed E-state index contributed by atoms with van der Waals surface area (Å²) in [6, 6.07) is 14.4. The summed E-state index contributed by atoms with van der Waals surface area (Å²) < 4.78 is 44.6. The standard InChI is InChI=1S/C29H26FN5O4S/c1-17-22(5-8-26(28(17)30)40(2,37)38)29(36)35-9-10-39-25-7-4-18(11-20(25)15-35)19-3-6-23-24(12-19)34-27(33-23)13-21-14-31-16-32-21/h3-8,11-12,14,16H,9-10,13,15H2,1-2H3,(H,31,32)(H,33,34). The third-order valence-electron chi connectivity index (χ3n) is 7.09. The molecule has 0 atom stereocenters. The van der Waals surface area contributed by atoms with E-state index >= 15 is 0 Å². The van der Waals surface area contributed by atoms with Gasteiger partial charge in [-0.3, -0.25) is 4.79 Å². The number of fused-ring (bicyclic) bond motifs is 2. The molecule has 3 heterocycles. The number of benzene rings is 3. The fourth-order valence-corrected chi connectivity index (χ4v) is 5.78. The number of nitrogens with one attached hydrogen (secondary N) is 2. The number of ether oxygens (including phenoxy) is 1. The lowest BCUT2D eigenvalue weighted by Gasteiger charge is -2.21. The van der Waals surface area contributed by atoms with Crippen molar-refractivity contribution in [2.75, 3.05) is 19.4 Å². The molecule has 9 nitrogen and oxygen atoms in total. The molecule has 1 amide bonds. The first-order valence-electron chi connectivity index (χ1n) is 12.7. The second-order valence-corrected chi connectivity index (χ2v) is 11.9. The number of sulfone groups is 1. The lowest BCUT2D eigenvalue weighted by molar-refractivity contribution is 0.0731. The molecule has 0 saturated carbocycles. The van der Waals surface area contributed by atoms with E-state index in [1.807, 2.05) is 36.4 Å². The quantitative estimate of drug-likeness (QED) is 0.329. The average Bonchev–Trinajstić information content (AvgIpc) is 3.52. The monoisotopic (exact) mass is 559 g/mol. The van der Waals surface area contributed by atoms with Gasteiger partial charge in [0, 0.05) is 42.2 Å². The van der Waals surface area contributed by atoms with Gasteiger partial charge in [-0.05, 0) is 60.0 Å².